The predicted octanol–water partition coefficient (Wildman–Crippen LogP) is 2.06. The predicted molar refractivity (Wildman–Crippen MR) is 96.6 cm³/mol. The summed E-state index contributed by atoms with van der Waals surface area (Å²) in [6.07, 6.45) is 0. The summed E-state index contributed by atoms with van der Waals surface area (Å²) in [5.41, 5.74) is 1.13. The smallest absolute Gasteiger partial charge is 0.337 e. The lowest BCUT2D eigenvalue weighted by atomic mass is 10.1. The molecule has 27 heavy (non-hydrogen) atoms. The van der Waals surface area contributed by atoms with Gasteiger partial charge in [-0.1, -0.05) is 6.07 Å². The molecule has 0 aliphatic heterocycles. The quantitative estimate of drug-likeness (QED) is 0.454. The van der Waals surface area contributed by atoms with E-state index in [0.29, 0.717) is 16.8 Å². The lowest BCUT2D eigenvalue weighted by Crippen LogP contribution is -2.32. The Hall–Kier alpha value is -3.75. The molecule has 0 bridgehead atoms. The Morgan fingerprint density at radius 2 is 1.70 bits per heavy atom. The van der Waals surface area contributed by atoms with E-state index < -0.39 is 22.7 Å². The summed E-state index contributed by atoms with van der Waals surface area (Å²) in [4.78, 5) is 45.7. The zero-order chi connectivity index (χ0) is 20.0. The average Bonchev–Trinajstić information content (AvgIpc) is 2.66. The molecule has 2 aromatic rings. The van der Waals surface area contributed by atoms with Gasteiger partial charge in [0.15, 0.2) is 0 Å². The number of rotatable bonds is 6. The number of nitrogens with one attached hydrogen (secondary N) is 2. The molecular formula is C18H17N3O6. The third-order valence-electron chi connectivity index (χ3n) is 3.67. The van der Waals surface area contributed by atoms with Crippen LogP contribution in [0.1, 0.15) is 26.3 Å². The first-order valence-electron chi connectivity index (χ1n) is 7.83. The van der Waals surface area contributed by atoms with Crippen molar-refractivity contribution < 1.29 is 24.0 Å². The van der Waals surface area contributed by atoms with Gasteiger partial charge in [-0.3, -0.25) is 19.7 Å². The number of esters is 1. The molecular weight excluding hydrogens is 354 g/mol. The Balaban J connectivity index is 1.93. The van der Waals surface area contributed by atoms with E-state index in [1.165, 1.54) is 43.5 Å². The summed E-state index contributed by atoms with van der Waals surface area (Å²) in [5.74, 6) is -1.59. The van der Waals surface area contributed by atoms with E-state index >= 15 is 0 Å². The van der Waals surface area contributed by atoms with Crippen LogP contribution in [-0.2, 0) is 9.53 Å². The van der Waals surface area contributed by atoms with Gasteiger partial charge in [0.05, 0.1) is 24.1 Å². The van der Waals surface area contributed by atoms with Crippen LogP contribution in [0.15, 0.2) is 42.5 Å². The van der Waals surface area contributed by atoms with E-state index in [1.807, 2.05) is 0 Å². The van der Waals surface area contributed by atoms with Crippen molar-refractivity contribution in [1.82, 2.24) is 5.32 Å². The molecule has 0 unspecified atom stereocenters. The Morgan fingerprint density at radius 3 is 2.30 bits per heavy atom. The lowest BCUT2D eigenvalue weighted by molar-refractivity contribution is -0.385. The number of hydrogen-bond donors (Lipinski definition) is 2. The van der Waals surface area contributed by atoms with Crippen molar-refractivity contribution in [2.24, 2.45) is 0 Å². The average molecular weight is 371 g/mol. The molecule has 0 aromatic heterocycles. The summed E-state index contributed by atoms with van der Waals surface area (Å²) in [6.45, 7) is 1.25. The van der Waals surface area contributed by atoms with E-state index in [9.17, 15) is 24.5 Å². The summed E-state index contributed by atoms with van der Waals surface area (Å²) in [6, 6.07) is 10.1. The molecule has 9 nitrogen and oxygen atoms in total. The van der Waals surface area contributed by atoms with Gasteiger partial charge in [0, 0.05) is 22.9 Å². The third-order valence-corrected chi connectivity index (χ3v) is 3.67. The molecule has 0 radical (unpaired) electrons. The Morgan fingerprint density at radius 1 is 1.07 bits per heavy atom. The number of carbonyl (C=O) groups is 3. The van der Waals surface area contributed by atoms with Gasteiger partial charge in [0.25, 0.3) is 11.6 Å². The van der Waals surface area contributed by atoms with Gasteiger partial charge in [-0.2, -0.15) is 0 Å². The molecule has 0 aliphatic rings. The number of benzene rings is 2. The number of anilines is 1. The molecule has 0 atom stereocenters. The first-order valence-corrected chi connectivity index (χ1v) is 7.83. The Labute approximate surface area is 154 Å². The molecule has 2 rings (SSSR count). The van der Waals surface area contributed by atoms with Gasteiger partial charge >= 0.3 is 5.97 Å². The topological polar surface area (TPSA) is 128 Å². The van der Waals surface area contributed by atoms with Gasteiger partial charge in [-0.25, -0.2) is 4.79 Å². The molecule has 0 heterocycles. The van der Waals surface area contributed by atoms with Crippen molar-refractivity contribution in [2.45, 2.75) is 6.92 Å². The first-order chi connectivity index (χ1) is 12.8. The molecule has 0 saturated carbocycles. The second kappa shape index (κ2) is 8.56. The second-order valence-electron chi connectivity index (χ2n) is 5.56. The van der Waals surface area contributed by atoms with Crippen LogP contribution in [0, 0.1) is 17.0 Å². The molecule has 0 aliphatic carbocycles. The molecule has 140 valence electrons. The fourth-order valence-electron chi connectivity index (χ4n) is 2.22. The van der Waals surface area contributed by atoms with Crippen molar-refractivity contribution >= 4 is 29.2 Å². The number of nitro groups is 1. The number of ether oxygens (including phenoxy) is 1. The molecule has 0 saturated heterocycles. The van der Waals surface area contributed by atoms with Crippen molar-refractivity contribution in [1.29, 1.82) is 0 Å². The number of carbonyl (C=O) groups excluding carboxylic acids is 3. The minimum Gasteiger partial charge on any atom is -0.465 e. The minimum atomic E-state index is -0.603. The van der Waals surface area contributed by atoms with Crippen molar-refractivity contribution in [2.75, 3.05) is 19.0 Å². The van der Waals surface area contributed by atoms with Crippen LogP contribution < -0.4 is 10.6 Å². The van der Waals surface area contributed by atoms with Crippen LogP contribution in [-0.4, -0.2) is 36.4 Å². The standard InChI is InChI=1S/C18H17N3O6/c1-11-3-4-13(9-15(11)21(25)26)17(23)19-10-16(22)20-14-7-5-12(6-8-14)18(24)27-2/h3-9H,10H2,1-2H3,(H,19,23)(H,20,22). The number of hydrogen-bond acceptors (Lipinski definition) is 6. The number of nitro benzene ring substituents is 1. The van der Waals surface area contributed by atoms with E-state index in [1.54, 1.807) is 6.92 Å². The third kappa shape index (κ3) is 5.11. The van der Waals surface area contributed by atoms with Crippen LogP contribution in [0.2, 0.25) is 0 Å². The lowest BCUT2D eigenvalue weighted by Gasteiger charge is -2.08. The summed E-state index contributed by atoms with van der Waals surface area (Å²) < 4.78 is 4.58. The maximum Gasteiger partial charge on any atom is 0.337 e. The van der Waals surface area contributed by atoms with Crippen LogP contribution in [0.25, 0.3) is 0 Å². The highest BCUT2D eigenvalue weighted by Crippen LogP contribution is 2.19. The van der Waals surface area contributed by atoms with Gasteiger partial charge in [-0.05, 0) is 37.3 Å². The van der Waals surface area contributed by atoms with Crippen molar-refractivity contribution in [3.63, 3.8) is 0 Å². The largest absolute Gasteiger partial charge is 0.465 e. The molecule has 2 amide bonds. The number of nitrogens with zero attached hydrogens (tertiary/aromatic N) is 1. The summed E-state index contributed by atoms with van der Waals surface area (Å²) >= 11 is 0. The monoisotopic (exact) mass is 371 g/mol. The zero-order valence-electron chi connectivity index (χ0n) is 14.6. The van der Waals surface area contributed by atoms with Crippen LogP contribution in [0.3, 0.4) is 0 Å². The van der Waals surface area contributed by atoms with Gasteiger partial charge in [0.2, 0.25) is 5.91 Å². The van der Waals surface area contributed by atoms with E-state index in [0.717, 1.165) is 6.07 Å². The SMILES string of the molecule is COC(=O)c1ccc(NC(=O)CNC(=O)c2ccc(C)c([N+](=O)[O-])c2)cc1. The normalized spacial score (nSPS) is 10.0. The number of methoxy groups -OCH3 is 1. The molecule has 0 spiro atoms. The maximum absolute atomic E-state index is 12.1. The highest BCUT2D eigenvalue weighted by Gasteiger charge is 2.15. The highest BCUT2D eigenvalue weighted by molar-refractivity contribution is 6.00. The highest BCUT2D eigenvalue weighted by atomic mass is 16.6. The van der Waals surface area contributed by atoms with Crippen molar-refractivity contribution in [3.8, 4) is 0 Å². The van der Waals surface area contributed by atoms with Crippen LogP contribution >= 0.6 is 0 Å². The Kier molecular flexibility index (Phi) is 6.21. The van der Waals surface area contributed by atoms with Crippen LogP contribution in [0.5, 0.6) is 0 Å². The van der Waals surface area contributed by atoms with Gasteiger partial charge in [0.1, 0.15) is 0 Å². The molecule has 0 fully saturated rings. The maximum atomic E-state index is 12.1. The van der Waals surface area contributed by atoms with E-state index in [4.69, 9.17) is 0 Å². The zero-order valence-corrected chi connectivity index (χ0v) is 14.6. The minimum absolute atomic E-state index is 0.0857. The van der Waals surface area contributed by atoms with Crippen molar-refractivity contribution in [3.05, 3.63) is 69.3 Å². The van der Waals surface area contributed by atoms with Crippen LogP contribution in [0.4, 0.5) is 11.4 Å². The van der Waals surface area contributed by atoms with Gasteiger partial charge in [-0.15, -0.1) is 0 Å². The Bertz CT molecular complexity index is 892. The summed E-state index contributed by atoms with van der Waals surface area (Å²) in [5, 5.41) is 15.9. The first kappa shape index (κ1) is 19.6. The molecule has 2 N–H and O–H groups in total. The van der Waals surface area contributed by atoms with E-state index in [-0.39, 0.29) is 17.8 Å². The molecule has 9 heteroatoms. The number of aryl methyl sites for hydroxylation is 1. The summed E-state index contributed by atoms with van der Waals surface area (Å²) in [7, 11) is 1.27. The van der Waals surface area contributed by atoms with E-state index in [2.05, 4.69) is 15.4 Å². The number of amides is 2. The van der Waals surface area contributed by atoms with Gasteiger partial charge < -0.3 is 15.4 Å². The second-order valence-corrected chi connectivity index (χ2v) is 5.56. The molecule has 2 aromatic carbocycles. The fourth-order valence-corrected chi connectivity index (χ4v) is 2.22. The fraction of sp³-hybridized carbons (Fsp3) is 0.167.